The molecule has 0 aromatic rings. The van der Waals surface area contributed by atoms with E-state index in [1.54, 1.807) is 0 Å². The predicted molar refractivity (Wildman–Crippen MR) is 45.5 cm³/mol. The zero-order valence-electron chi connectivity index (χ0n) is 7.81. The Balaban J connectivity index is 2.38. The molecule has 2 saturated carbocycles. The lowest BCUT2D eigenvalue weighted by molar-refractivity contribution is -0.00522. The fraction of sp³-hybridized carbons (Fsp3) is 1.00. The number of halogens is 1. The lowest BCUT2D eigenvalue weighted by Crippen LogP contribution is -2.38. The summed E-state index contributed by atoms with van der Waals surface area (Å²) in [5, 5.41) is 9.78. The van der Waals surface area contributed by atoms with Crippen molar-refractivity contribution in [1.82, 2.24) is 0 Å². The summed E-state index contributed by atoms with van der Waals surface area (Å²) in [5.74, 6) is 0.419. The molecule has 2 heteroatoms. The third-order valence-electron chi connectivity index (χ3n) is 4.74. The first-order valence-corrected chi connectivity index (χ1v) is 4.78. The zero-order valence-corrected chi connectivity index (χ0v) is 7.81. The van der Waals surface area contributed by atoms with E-state index in [9.17, 15) is 9.50 Å². The van der Waals surface area contributed by atoms with Crippen molar-refractivity contribution in [3.8, 4) is 0 Å². The number of alkyl halides is 1. The molecule has 12 heavy (non-hydrogen) atoms. The Morgan fingerprint density at radius 2 is 2.17 bits per heavy atom. The molecular weight excluding hydrogens is 155 g/mol. The summed E-state index contributed by atoms with van der Waals surface area (Å²) in [6.45, 7) is 3.77. The Morgan fingerprint density at radius 3 is 2.42 bits per heavy atom. The molecule has 0 unspecified atom stereocenters. The minimum Gasteiger partial charge on any atom is -0.393 e. The first kappa shape index (κ1) is 8.49. The minimum atomic E-state index is -0.273. The molecule has 0 aliphatic heterocycles. The molecular formula is C10H17FO. The molecule has 70 valence electrons. The normalized spacial score (nSPS) is 58.0. The lowest BCUT2D eigenvalue weighted by atomic mass is 9.69. The Morgan fingerprint density at radius 1 is 1.50 bits per heavy atom. The zero-order chi connectivity index (χ0) is 8.98. The van der Waals surface area contributed by atoms with Crippen LogP contribution in [0.3, 0.4) is 0 Å². The molecule has 2 aliphatic carbocycles. The van der Waals surface area contributed by atoms with Crippen molar-refractivity contribution in [2.75, 3.05) is 6.67 Å². The van der Waals surface area contributed by atoms with E-state index in [1.807, 2.05) is 13.8 Å². The quantitative estimate of drug-likeness (QED) is 0.642. The molecule has 2 bridgehead atoms. The van der Waals surface area contributed by atoms with Crippen molar-refractivity contribution >= 4 is 0 Å². The second-order valence-corrected chi connectivity index (χ2v) is 4.96. The van der Waals surface area contributed by atoms with E-state index >= 15 is 0 Å². The van der Waals surface area contributed by atoms with Crippen LogP contribution in [0.1, 0.15) is 33.1 Å². The molecule has 2 rings (SSSR count). The number of hydrogen-bond acceptors (Lipinski definition) is 1. The highest BCUT2D eigenvalue weighted by Crippen LogP contribution is 2.65. The van der Waals surface area contributed by atoms with Crippen molar-refractivity contribution in [1.29, 1.82) is 0 Å². The largest absolute Gasteiger partial charge is 0.393 e. The van der Waals surface area contributed by atoms with Gasteiger partial charge >= 0.3 is 0 Å². The highest BCUT2D eigenvalue weighted by atomic mass is 19.1. The average molecular weight is 172 g/mol. The van der Waals surface area contributed by atoms with Gasteiger partial charge in [-0.3, -0.25) is 4.39 Å². The van der Waals surface area contributed by atoms with Crippen LogP contribution >= 0.6 is 0 Å². The van der Waals surface area contributed by atoms with Gasteiger partial charge in [-0.15, -0.1) is 0 Å². The molecule has 1 nitrogen and oxygen atoms in total. The maximum atomic E-state index is 12.9. The smallest absolute Gasteiger partial charge is 0.0956 e. The van der Waals surface area contributed by atoms with Crippen LogP contribution in [0, 0.1) is 16.7 Å². The molecule has 0 saturated heterocycles. The molecule has 1 N–H and O–H groups in total. The minimum absolute atomic E-state index is 0.146. The summed E-state index contributed by atoms with van der Waals surface area (Å²) in [5.41, 5.74) is -0.390. The van der Waals surface area contributed by atoms with Crippen LogP contribution in [0.2, 0.25) is 0 Å². The molecule has 2 aliphatic rings. The van der Waals surface area contributed by atoms with Crippen LogP contribution in [-0.2, 0) is 0 Å². The SMILES string of the molecule is C[C@]1(CF)[C@H]2CC[C@]1(C)[C@H](O)C2. The summed E-state index contributed by atoms with van der Waals surface area (Å²) >= 11 is 0. The van der Waals surface area contributed by atoms with E-state index in [2.05, 4.69) is 0 Å². The Hall–Kier alpha value is -0.110. The highest BCUT2D eigenvalue weighted by Gasteiger charge is 2.63. The summed E-state index contributed by atoms with van der Waals surface area (Å²) in [7, 11) is 0. The molecule has 2 fully saturated rings. The number of aliphatic hydroxyl groups is 1. The molecule has 4 atom stereocenters. The van der Waals surface area contributed by atoms with Gasteiger partial charge in [0.05, 0.1) is 12.8 Å². The third-order valence-corrected chi connectivity index (χ3v) is 4.74. The molecule has 0 heterocycles. The average Bonchev–Trinajstić information content (AvgIpc) is 2.39. The van der Waals surface area contributed by atoms with Crippen molar-refractivity contribution in [3.63, 3.8) is 0 Å². The lowest BCUT2D eigenvalue weighted by Gasteiger charge is -2.37. The van der Waals surface area contributed by atoms with E-state index in [0.29, 0.717) is 5.92 Å². The van der Waals surface area contributed by atoms with Gasteiger partial charge in [0.1, 0.15) is 0 Å². The maximum Gasteiger partial charge on any atom is 0.0956 e. The van der Waals surface area contributed by atoms with Crippen molar-refractivity contribution in [2.45, 2.75) is 39.2 Å². The Kier molecular flexibility index (Phi) is 1.57. The fourth-order valence-corrected chi connectivity index (χ4v) is 3.26. The molecule has 0 radical (unpaired) electrons. The van der Waals surface area contributed by atoms with E-state index in [4.69, 9.17) is 0 Å². The number of rotatable bonds is 1. The monoisotopic (exact) mass is 172 g/mol. The maximum absolute atomic E-state index is 12.9. The van der Waals surface area contributed by atoms with Gasteiger partial charge in [-0.25, -0.2) is 0 Å². The van der Waals surface area contributed by atoms with Crippen LogP contribution in [-0.4, -0.2) is 17.9 Å². The van der Waals surface area contributed by atoms with Gasteiger partial charge in [-0.05, 0) is 25.2 Å². The van der Waals surface area contributed by atoms with Gasteiger partial charge in [0.2, 0.25) is 0 Å². The van der Waals surface area contributed by atoms with Crippen molar-refractivity contribution in [3.05, 3.63) is 0 Å². The van der Waals surface area contributed by atoms with Crippen LogP contribution < -0.4 is 0 Å². The second kappa shape index (κ2) is 2.22. The van der Waals surface area contributed by atoms with Crippen molar-refractivity contribution < 1.29 is 9.50 Å². The summed E-state index contributed by atoms with van der Waals surface area (Å²) < 4.78 is 12.9. The van der Waals surface area contributed by atoms with Gasteiger partial charge < -0.3 is 5.11 Å². The predicted octanol–water partition coefficient (Wildman–Crippen LogP) is 2.14. The molecule has 0 spiro atoms. The van der Waals surface area contributed by atoms with E-state index < -0.39 is 0 Å². The number of hydrogen-bond donors (Lipinski definition) is 1. The van der Waals surface area contributed by atoms with Gasteiger partial charge in [0, 0.05) is 10.8 Å². The van der Waals surface area contributed by atoms with Crippen LogP contribution in [0.5, 0.6) is 0 Å². The van der Waals surface area contributed by atoms with Crippen LogP contribution in [0.25, 0.3) is 0 Å². The summed E-state index contributed by atoms with van der Waals surface area (Å²) in [4.78, 5) is 0. The summed E-state index contributed by atoms with van der Waals surface area (Å²) in [6, 6.07) is 0. The van der Waals surface area contributed by atoms with Gasteiger partial charge in [0.15, 0.2) is 0 Å². The third kappa shape index (κ3) is 0.681. The van der Waals surface area contributed by atoms with Crippen LogP contribution in [0.15, 0.2) is 0 Å². The van der Waals surface area contributed by atoms with E-state index in [-0.39, 0.29) is 23.6 Å². The Labute approximate surface area is 73.0 Å². The van der Waals surface area contributed by atoms with Gasteiger partial charge in [-0.1, -0.05) is 13.8 Å². The Bertz CT molecular complexity index is 204. The summed E-state index contributed by atoms with van der Waals surface area (Å²) in [6.07, 6.45) is 2.65. The van der Waals surface area contributed by atoms with Gasteiger partial charge in [-0.2, -0.15) is 0 Å². The van der Waals surface area contributed by atoms with Crippen LogP contribution in [0.4, 0.5) is 4.39 Å². The standard InChI is InChI=1S/C10H17FO/c1-9-4-3-7(5-8(9)12)10(9,2)6-11/h7-8,12H,3-6H2,1-2H3/t7-,8+,9+,10-/m0/s1. The second-order valence-electron chi connectivity index (χ2n) is 4.96. The molecule has 0 aromatic heterocycles. The topological polar surface area (TPSA) is 20.2 Å². The fourth-order valence-electron chi connectivity index (χ4n) is 3.26. The first-order chi connectivity index (χ1) is 5.54. The van der Waals surface area contributed by atoms with E-state index in [0.717, 1.165) is 19.3 Å². The molecule has 0 amide bonds. The first-order valence-electron chi connectivity index (χ1n) is 4.78. The number of fused-ring (bicyclic) bond motifs is 2. The molecule has 0 aromatic carbocycles. The number of aliphatic hydroxyl groups excluding tert-OH is 1. The highest BCUT2D eigenvalue weighted by molar-refractivity contribution is 5.12. The van der Waals surface area contributed by atoms with E-state index in [1.165, 1.54) is 0 Å². The van der Waals surface area contributed by atoms with Gasteiger partial charge in [0.25, 0.3) is 0 Å². The van der Waals surface area contributed by atoms with Crippen molar-refractivity contribution in [2.24, 2.45) is 16.7 Å².